The molecule has 42 heavy (non-hydrogen) atoms. The van der Waals surface area contributed by atoms with Gasteiger partial charge in [0.1, 0.15) is 29.2 Å². The number of amides is 1. The Morgan fingerprint density at radius 1 is 1.12 bits per heavy atom. The van der Waals surface area contributed by atoms with Crippen molar-refractivity contribution in [3.8, 4) is 17.2 Å². The number of rotatable bonds is 11. The fourth-order valence-electron chi connectivity index (χ4n) is 4.18. The molecule has 2 N–H and O–H groups in total. The van der Waals surface area contributed by atoms with Crippen molar-refractivity contribution in [1.82, 2.24) is 4.90 Å². The SMILES string of the molecule is C=C(C)C(C(=O)OCc1ccc(OC)cc1)N1C(=O)C(N=Cc2ccc(O)cc2O)C1SS(=O)(=O)c1ccc(C)cc1. The fraction of sp³-hybridized carbons (Fsp3) is 0.233. The Morgan fingerprint density at radius 2 is 1.79 bits per heavy atom. The van der Waals surface area contributed by atoms with Crippen LogP contribution in [0.25, 0.3) is 0 Å². The molecule has 10 nitrogen and oxygen atoms in total. The van der Waals surface area contributed by atoms with Gasteiger partial charge >= 0.3 is 5.97 Å². The van der Waals surface area contributed by atoms with E-state index < -0.39 is 38.2 Å². The number of esters is 1. The first-order valence-corrected chi connectivity index (χ1v) is 15.6. The molecule has 0 spiro atoms. The molecule has 1 amide bonds. The topological polar surface area (TPSA) is 143 Å². The van der Waals surface area contributed by atoms with E-state index in [1.54, 1.807) is 43.3 Å². The van der Waals surface area contributed by atoms with Crippen LogP contribution >= 0.6 is 10.8 Å². The van der Waals surface area contributed by atoms with Gasteiger partial charge in [0.2, 0.25) is 8.87 Å². The van der Waals surface area contributed by atoms with Gasteiger partial charge in [0.25, 0.3) is 5.91 Å². The highest BCUT2D eigenvalue weighted by molar-refractivity contribution is 8.72. The Kier molecular flexibility index (Phi) is 9.27. The summed E-state index contributed by atoms with van der Waals surface area (Å²) in [5.41, 5.74) is 2.04. The van der Waals surface area contributed by atoms with Crippen LogP contribution in [0.1, 0.15) is 23.6 Å². The van der Waals surface area contributed by atoms with Gasteiger partial charge in [-0.1, -0.05) is 36.4 Å². The van der Waals surface area contributed by atoms with Gasteiger partial charge in [0.05, 0.1) is 12.0 Å². The molecule has 3 atom stereocenters. The summed E-state index contributed by atoms with van der Waals surface area (Å²) in [6, 6.07) is 14.5. The van der Waals surface area contributed by atoms with Crippen molar-refractivity contribution in [3.63, 3.8) is 0 Å². The van der Waals surface area contributed by atoms with E-state index in [1.807, 2.05) is 6.92 Å². The highest BCUT2D eigenvalue weighted by Gasteiger charge is 2.55. The van der Waals surface area contributed by atoms with Gasteiger partial charge in [-0.05, 0) is 61.4 Å². The van der Waals surface area contributed by atoms with Gasteiger partial charge in [0.15, 0.2) is 12.1 Å². The highest BCUT2D eigenvalue weighted by Crippen LogP contribution is 2.41. The second-order valence-electron chi connectivity index (χ2n) is 9.67. The largest absolute Gasteiger partial charge is 0.508 e. The second kappa shape index (κ2) is 12.7. The molecule has 1 aliphatic rings. The Hall–Kier alpha value is -4.29. The minimum Gasteiger partial charge on any atom is -0.508 e. The molecule has 1 aliphatic heterocycles. The van der Waals surface area contributed by atoms with Crippen LogP contribution in [0, 0.1) is 6.92 Å². The van der Waals surface area contributed by atoms with Crippen LogP contribution in [-0.2, 0) is 29.8 Å². The third-order valence-electron chi connectivity index (χ3n) is 6.48. The molecule has 1 heterocycles. The van der Waals surface area contributed by atoms with Crippen molar-refractivity contribution in [2.75, 3.05) is 7.11 Å². The lowest BCUT2D eigenvalue weighted by Gasteiger charge is -2.47. The first-order valence-electron chi connectivity index (χ1n) is 12.7. The number of phenolic OH excluding ortho intramolecular Hbond substituents is 2. The smallest absolute Gasteiger partial charge is 0.333 e. The van der Waals surface area contributed by atoms with Crippen molar-refractivity contribution >= 4 is 37.8 Å². The molecular weight excluding hydrogens is 580 g/mol. The van der Waals surface area contributed by atoms with Crippen LogP contribution in [0.5, 0.6) is 17.2 Å². The number of benzene rings is 3. The molecule has 3 aromatic carbocycles. The number of ether oxygens (including phenoxy) is 2. The maximum atomic E-state index is 13.4. The minimum absolute atomic E-state index is 0.0327. The van der Waals surface area contributed by atoms with Crippen LogP contribution in [0.2, 0.25) is 0 Å². The number of aromatic hydroxyl groups is 2. The summed E-state index contributed by atoms with van der Waals surface area (Å²) in [7, 11) is -1.97. The summed E-state index contributed by atoms with van der Waals surface area (Å²) < 4.78 is 37.4. The van der Waals surface area contributed by atoms with E-state index in [-0.39, 0.29) is 34.1 Å². The number of phenols is 2. The number of hydrogen-bond donors (Lipinski definition) is 2. The highest BCUT2D eigenvalue weighted by atomic mass is 33.1. The number of hydrogen-bond acceptors (Lipinski definition) is 10. The van der Waals surface area contributed by atoms with Gasteiger partial charge in [-0.3, -0.25) is 9.79 Å². The summed E-state index contributed by atoms with van der Waals surface area (Å²) in [6.07, 6.45) is 1.22. The summed E-state index contributed by atoms with van der Waals surface area (Å²) in [5.74, 6) is -1.19. The van der Waals surface area contributed by atoms with Crippen LogP contribution in [-0.4, -0.2) is 66.2 Å². The lowest BCUT2D eigenvalue weighted by molar-refractivity contribution is -0.161. The van der Waals surface area contributed by atoms with Crippen LogP contribution in [0.3, 0.4) is 0 Å². The zero-order valence-electron chi connectivity index (χ0n) is 23.1. The van der Waals surface area contributed by atoms with E-state index in [2.05, 4.69) is 11.6 Å². The number of aliphatic imine (C=N–C) groups is 1. The molecular formula is C30H30N2O8S2. The average Bonchev–Trinajstić information content (AvgIpc) is 2.95. The summed E-state index contributed by atoms with van der Waals surface area (Å²) in [6.45, 7) is 7.15. The average molecular weight is 611 g/mol. The molecule has 1 saturated heterocycles. The summed E-state index contributed by atoms with van der Waals surface area (Å²) in [5, 5.41) is 18.6. The molecule has 0 aliphatic carbocycles. The third kappa shape index (κ3) is 6.77. The number of β-lactam (4-membered cyclic amide) rings is 1. The Morgan fingerprint density at radius 3 is 2.38 bits per heavy atom. The number of carbonyl (C=O) groups is 2. The van der Waals surface area contributed by atoms with E-state index in [1.165, 1.54) is 37.6 Å². The van der Waals surface area contributed by atoms with Gasteiger partial charge in [-0.25, -0.2) is 13.2 Å². The minimum atomic E-state index is -4.00. The Balaban J connectivity index is 1.62. The number of carbonyl (C=O) groups excluding carboxylic acids is 2. The molecule has 12 heteroatoms. The van der Waals surface area contributed by atoms with E-state index in [0.717, 1.165) is 16.5 Å². The number of methoxy groups -OCH3 is 1. The van der Waals surface area contributed by atoms with Crippen molar-refractivity contribution in [3.05, 3.63) is 95.6 Å². The molecule has 0 aromatic heterocycles. The molecule has 3 unspecified atom stereocenters. The summed E-state index contributed by atoms with van der Waals surface area (Å²) >= 11 is 0. The van der Waals surface area contributed by atoms with Crippen molar-refractivity contribution in [1.29, 1.82) is 0 Å². The van der Waals surface area contributed by atoms with Crippen LogP contribution < -0.4 is 4.74 Å². The van der Waals surface area contributed by atoms with Crippen molar-refractivity contribution < 1.29 is 37.7 Å². The van der Waals surface area contributed by atoms with Gasteiger partial charge in [0, 0.05) is 28.6 Å². The normalized spacial score (nSPS) is 17.5. The number of likely N-dealkylation sites (tertiary alicyclic amines) is 1. The molecule has 4 rings (SSSR count). The molecule has 1 fully saturated rings. The molecule has 0 radical (unpaired) electrons. The van der Waals surface area contributed by atoms with Gasteiger partial charge in [-0.15, -0.1) is 0 Å². The maximum absolute atomic E-state index is 13.4. The Labute approximate surface area is 247 Å². The van der Waals surface area contributed by atoms with Crippen molar-refractivity contribution in [2.45, 2.75) is 42.8 Å². The maximum Gasteiger partial charge on any atom is 0.333 e. The molecule has 220 valence electrons. The van der Waals surface area contributed by atoms with E-state index in [0.29, 0.717) is 22.1 Å². The Bertz CT molecular complexity index is 1620. The third-order valence-corrected chi connectivity index (χ3v) is 10.2. The van der Waals surface area contributed by atoms with E-state index in [9.17, 15) is 28.2 Å². The lowest BCUT2D eigenvalue weighted by atomic mass is 9.99. The predicted molar refractivity (Wildman–Crippen MR) is 159 cm³/mol. The zero-order chi connectivity index (χ0) is 30.6. The first kappa shape index (κ1) is 30.7. The van der Waals surface area contributed by atoms with Crippen LogP contribution in [0.15, 0.2) is 88.8 Å². The van der Waals surface area contributed by atoms with E-state index >= 15 is 0 Å². The first-order chi connectivity index (χ1) is 19.9. The van der Waals surface area contributed by atoms with Crippen molar-refractivity contribution in [2.24, 2.45) is 4.99 Å². The monoisotopic (exact) mass is 610 g/mol. The van der Waals surface area contributed by atoms with Gasteiger partial charge < -0.3 is 24.6 Å². The fourth-order valence-corrected chi connectivity index (χ4v) is 7.67. The second-order valence-corrected chi connectivity index (χ2v) is 13.6. The standard InChI is InChI=1S/C30H30N2O8S2/c1-18(2)27(30(36)40-17-20-7-11-23(39-4)12-8-20)32-28(35)26(31-16-21-9-10-22(33)15-25(21)34)29(32)41-42(37,38)24-13-5-19(3)6-14-24/h5-16,26-27,29,33-34H,1,17H2,2-4H3. The quantitative estimate of drug-likeness (QED) is 0.107. The lowest BCUT2D eigenvalue weighted by Crippen LogP contribution is -2.67. The van der Waals surface area contributed by atoms with Gasteiger partial charge in [-0.2, -0.15) is 0 Å². The van der Waals surface area contributed by atoms with E-state index in [4.69, 9.17) is 9.47 Å². The predicted octanol–water partition coefficient (Wildman–Crippen LogP) is 4.18. The molecule has 3 aromatic rings. The number of nitrogens with zero attached hydrogens (tertiary/aromatic N) is 2. The number of aryl methyl sites for hydroxylation is 1. The summed E-state index contributed by atoms with van der Waals surface area (Å²) in [4.78, 5) is 32.1. The molecule has 0 saturated carbocycles. The zero-order valence-corrected chi connectivity index (χ0v) is 24.8. The molecule has 0 bridgehead atoms. The van der Waals surface area contributed by atoms with Crippen LogP contribution in [0.4, 0.5) is 0 Å².